The Balaban J connectivity index is 1.78. The van der Waals surface area contributed by atoms with E-state index in [1.807, 2.05) is 0 Å². The standard InChI is InChI=1S/C14H11BrO5/c15-7-1-3-8(4-2-7)19-14(18)12-10-6-5-9(20-10)11(12)13(16)17/h1-6,9-12H,(H,16,17)/t9-,10+,11-,12+/m0/s1. The van der Waals surface area contributed by atoms with Gasteiger partial charge in [-0.25, -0.2) is 0 Å². The van der Waals surface area contributed by atoms with Crippen LogP contribution in [-0.4, -0.2) is 29.3 Å². The number of carbonyl (C=O) groups excluding carboxylic acids is 1. The summed E-state index contributed by atoms with van der Waals surface area (Å²) in [6.07, 6.45) is 2.36. The lowest BCUT2D eigenvalue weighted by Crippen LogP contribution is -2.38. The van der Waals surface area contributed by atoms with Crippen molar-refractivity contribution in [2.45, 2.75) is 12.2 Å². The number of esters is 1. The number of rotatable bonds is 3. The maximum absolute atomic E-state index is 12.2. The van der Waals surface area contributed by atoms with E-state index in [4.69, 9.17) is 9.47 Å². The van der Waals surface area contributed by atoms with E-state index in [1.165, 1.54) is 0 Å². The number of carboxylic acids is 1. The van der Waals surface area contributed by atoms with Crippen molar-refractivity contribution in [1.29, 1.82) is 0 Å². The lowest BCUT2D eigenvalue weighted by molar-refractivity contribution is -0.151. The summed E-state index contributed by atoms with van der Waals surface area (Å²) in [6, 6.07) is 6.77. The highest BCUT2D eigenvalue weighted by Gasteiger charge is 2.54. The number of halogens is 1. The summed E-state index contributed by atoms with van der Waals surface area (Å²) in [6.45, 7) is 0. The molecule has 2 bridgehead atoms. The molecular weight excluding hydrogens is 328 g/mol. The van der Waals surface area contributed by atoms with Crippen LogP contribution in [0.3, 0.4) is 0 Å². The summed E-state index contributed by atoms with van der Waals surface area (Å²) >= 11 is 3.29. The van der Waals surface area contributed by atoms with Crippen LogP contribution in [0.4, 0.5) is 0 Å². The molecule has 6 heteroatoms. The second-order valence-corrected chi connectivity index (χ2v) is 5.63. The van der Waals surface area contributed by atoms with Gasteiger partial charge in [-0.2, -0.15) is 0 Å². The van der Waals surface area contributed by atoms with Gasteiger partial charge >= 0.3 is 11.9 Å². The number of hydrogen-bond acceptors (Lipinski definition) is 4. The van der Waals surface area contributed by atoms with E-state index >= 15 is 0 Å². The van der Waals surface area contributed by atoms with Crippen molar-refractivity contribution in [2.75, 3.05) is 0 Å². The Morgan fingerprint density at radius 2 is 1.70 bits per heavy atom. The van der Waals surface area contributed by atoms with Crippen LogP contribution in [0, 0.1) is 11.8 Å². The van der Waals surface area contributed by atoms with Gasteiger partial charge in [0.25, 0.3) is 0 Å². The van der Waals surface area contributed by atoms with E-state index in [0.29, 0.717) is 5.75 Å². The molecule has 0 amide bonds. The van der Waals surface area contributed by atoms with Crippen molar-refractivity contribution in [3.05, 3.63) is 40.9 Å². The van der Waals surface area contributed by atoms with Gasteiger partial charge < -0.3 is 14.6 Å². The lowest BCUT2D eigenvalue weighted by atomic mass is 9.83. The molecule has 0 aliphatic carbocycles. The fourth-order valence-electron chi connectivity index (χ4n) is 2.57. The molecule has 3 rings (SSSR count). The first-order valence-corrected chi connectivity index (χ1v) is 6.89. The number of benzene rings is 1. The first-order valence-electron chi connectivity index (χ1n) is 6.10. The van der Waals surface area contributed by atoms with Crippen LogP contribution in [0.25, 0.3) is 0 Å². The van der Waals surface area contributed by atoms with Crippen LogP contribution in [0.5, 0.6) is 5.75 Å². The highest BCUT2D eigenvalue weighted by Crippen LogP contribution is 2.40. The molecule has 0 aromatic heterocycles. The van der Waals surface area contributed by atoms with Gasteiger partial charge in [0.05, 0.1) is 12.2 Å². The third-order valence-corrected chi connectivity index (χ3v) is 4.02. The Morgan fingerprint density at radius 1 is 1.10 bits per heavy atom. The maximum atomic E-state index is 12.2. The molecule has 2 aliphatic rings. The fourth-order valence-corrected chi connectivity index (χ4v) is 2.83. The van der Waals surface area contributed by atoms with Crippen molar-refractivity contribution < 1.29 is 24.2 Å². The topological polar surface area (TPSA) is 72.8 Å². The Bertz CT molecular complexity index is 580. The summed E-state index contributed by atoms with van der Waals surface area (Å²) in [5.74, 6) is -2.91. The van der Waals surface area contributed by atoms with E-state index in [2.05, 4.69) is 15.9 Å². The van der Waals surface area contributed by atoms with Gasteiger partial charge in [0.15, 0.2) is 0 Å². The molecule has 1 fully saturated rings. The van der Waals surface area contributed by atoms with E-state index in [0.717, 1.165) is 4.47 Å². The van der Waals surface area contributed by atoms with Crippen molar-refractivity contribution >= 4 is 27.9 Å². The molecule has 4 atom stereocenters. The minimum absolute atomic E-state index is 0.383. The molecule has 0 unspecified atom stereocenters. The molecule has 1 aromatic rings. The Morgan fingerprint density at radius 3 is 2.30 bits per heavy atom. The van der Waals surface area contributed by atoms with E-state index in [-0.39, 0.29) is 0 Å². The fraction of sp³-hybridized carbons (Fsp3) is 0.286. The van der Waals surface area contributed by atoms with E-state index in [1.54, 1.807) is 36.4 Å². The van der Waals surface area contributed by atoms with Gasteiger partial charge in [0.2, 0.25) is 0 Å². The Labute approximate surface area is 123 Å². The number of hydrogen-bond donors (Lipinski definition) is 1. The third kappa shape index (κ3) is 2.25. The minimum Gasteiger partial charge on any atom is -0.481 e. The molecule has 0 spiro atoms. The molecular formula is C14H11BrO5. The quantitative estimate of drug-likeness (QED) is 0.518. The summed E-state index contributed by atoms with van der Waals surface area (Å²) in [5.41, 5.74) is 0. The highest BCUT2D eigenvalue weighted by atomic mass is 79.9. The second-order valence-electron chi connectivity index (χ2n) is 4.72. The molecule has 20 heavy (non-hydrogen) atoms. The molecule has 0 saturated carbocycles. The Hall–Kier alpha value is -1.66. The van der Waals surface area contributed by atoms with Gasteiger partial charge in [0, 0.05) is 4.47 Å². The molecule has 0 radical (unpaired) electrons. The molecule has 1 aromatic carbocycles. The average molecular weight is 339 g/mol. The second kappa shape index (κ2) is 5.03. The van der Waals surface area contributed by atoms with Gasteiger partial charge in [-0.1, -0.05) is 28.1 Å². The minimum atomic E-state index is -1.04. The van der Waals surface area contributed by atoms with Gasteiger partial charge in [-0.05, 0) is 24.3 Å². The summed E-state index contributed by atoms with van der Waals surface area (Å²) in [4.78, 5) is 23.5. The van der Waals surface area contributed by atoms with Crippen molar-refractivity contribution in [3.63, 3.8) is 0 Å². The number of fused-ring (bicyclic) bond motifs is 2. The zero-order chi connectivity index (χ0) is 14.3. The van der Waals surface area contributed by atoms with Gasteiger partial charge in [-0.3, -0.25) is 9.59 Å². The zero-order valence-electron chi connectivity index (χ0n) is 10.2. The van der Waals surface area contributed by atoms with Crippen LogP contribution in [0.2, 0.25) is 0 Å². The summed E-state index contributed by atoms with van der Waals surface area (Å²) in [7, 11) is 0. The van der Waals surface area contributed by atoms with Crippen LogP contribution >= 0.6 is 15.9 Å². The largest absolute Gasteiger partial charge is 0.481 e. The zero-order valence-corrected chi connectivity index (χ0v) is 11.8. The van der Waals surface area contributed by atoms with E-state index < -0.39 is 36.0 Å². The normalized spacial score (nSPS) is 30.4. The SMILES string of the molecule is O=C(O)[C@@H]1[C@H](C(=O)Oc2ccc(Br)cc2)[C@H]2C=C[C@@H]1O2. The Kier molecular flexibility index (Phi) is 3.35. The molecule has 1 saturated heterocycles. The molecule has 2 aliphatic heterocycles. The lowest BCUT2D eigenvalue weighted by Gasteiger charge is -2.19. The van der Waals surface area contributed by atoms with Crippen LogP contribution in [0.1, 0.15) is 0 Å². The first kappa shape index (κ1) is 13.3. The van der Waals surface area contributed by atoms with Crippen LogP contribution in [-0.2, 0) is 14.3 Å². The van der Waals surface area contributed by atoms with E-state index in [9.17, 15) is 14.7 Å². The number of carboxylic acid groups (broad SMARTS) is 1. The predicted molar refractivity (Wildman–Crippen MR) is 72.2 cm³/mol. The number of ether oxygens (including phenoxy) is 2. The monoisotopic (exact) mass is 338 g/mol. The van der Waals surface area contributed by atoms with Crippen molar-refractivity contribution in [1.82, 2.24) is 0 Å². The van der Waals surface area contributed by atoms with Gasteiger partial charge in [0.1, 0.15) is 17.6 Å². The molecule has 2 heterocycles. The highest BCUT2D eigenvalue weighted by molar-refractivity contribution is 9.10. The molecule has 104 valence electrons. The van der Waals surface area contributed by atoms with Crippen molar-refractivity contribution in [2.24, 2.45) is 11.8 Å². The summed E-state index contributed by atoms with van der Waals surface area (Å²) < 4.78 is 11.6. The van der Waals surface area contributed by atoms with Crippen LogP contribution < -0.4 is 4.74 Å². The maximum Gasteiger partial charge on any atom is 0.318 e. The smallest absolute Gasteiger partial charge is 0.318 e. The predicted octanol–water partition coefficient (Wildman–Crippen LogP) is 2.01. The molecule has 5 nitrogen and oxygen atoms in total. The third-order valence-electron chi connectivity index (χ3n) is 3.49. The van der Waals surface area contributed by atoms with Crippen molar-refractivity contribution in [3.8, 4) is 5.75 Å². The molecule has 1 N–H and O–H groups in total. The number of carbonyl (C=O) groups is 2. The summed E-state index contributed by atoms with van der Waals surface area (Å²) in [5, 5.41) is 9.23. The first-order chi connectivity index (χ1) is 9.56. The number of aliphatic carboxylic acids is 1. The van der Waals surface area contributed by atoms with Gasteiger partial charge in [-0.15, -0.1) is 0 Å². The van der Waals surface area contributed by atoms with Crippen LogP contribution in [0.15, 0.2) is 40.9 Å². The average Bonchev–Trinajstić information content (AvgIpc) is 3.01.